The third-order valence-electron chi connectivity index (χ3n) is 5.80. The van der Waals surface area contributed by atoms with Gasteiger partial charge in [-0.15, -0.1) is 0 Å². The van der Waals surface area contributed by atoms with Gasteiger partial charge in [-0.2, -0.15) is 0 Å². The lowest BCUT2D eigenvalue weighted by Crippen LogP contribution is -2.39. The maximum Gasteiger partial charge on any atom is 0.316 e. The summed E-state index contributed by atoms with van der Waals surface area (Å²) in [7, 11) is 3.26. The molecule has 1 unspecified atom stereocenters. The molecule has 0 bridgehead atoms. The maximum absolute atomic E-state index is 13.8. The zero-order valence-corrected chi connectivity index (χ0v) is 21.4. The number of urea groups is 1. The molecular weight excluding hydrogens is 475 g/mol. The number of H-pyrrole nitrogens is 1. The number of aromatic nitrogens is 1. The number of hydrogen-bond donors (Lipinski definition) is 4. The summed E-state index contributed by atoms with van der Waals surface area (Å²) in [5.74, 6) is 5.73. The monoisotopic (exact) mass is 508 g/mol. The van der Waals surface area contributed by atoms with Crippen molar-refractivity contribution < 1.29 is 23.8 Å². The number of nitrogens with zero attached hydrogens (tertiary/aromatic N) is 1. The molecule has 4 N–H and O–H groups in total. The Morgan fingerprint density at radius 2 is 2.05 bits per heavy atom. The number of hydrogen-bond acceptors (Lipinski definition) is 4. The predicted octanol–water partition coefficient (Wildman–Crippen LogP) is 3.44. The lowest BCUT2D eigenvalue weighted by atomic mass is 10.0. The molecule has 9 heteroatoms. The smallest absolute Gasteiger partial charge is 0.316 e. The summed E-state index contributed by atoms with van der Waals surface area (Å²) in [5, 5.41) is 16.1. The second kappa shape index (κ2) is 13.3. The summed E-state index contributed by atoms with van der Waals surface area (Å²) in [5.41, 5.74) is 2.51. The Labute approximate surface area is 216 Å². The number of aromatic amines is 1. The molecule has 196 valence electrons. The number of nitrogens with one attached hydrogen (secondary N) is 3. The van der Waals surface area contributed by atoms with Crippen LogP contribution < -0.4 is 15.4 Å². The number of aliphatic hydroxyl groups excluding tert-OH is 1. The summed E-state index contributed by atoms with van der Waals surface area (Å²) in [6.07, 6.45) is 3.32. The van der Waals surface area contributed by atoms with Crippen molar-refractivity contribution in [3.8, 4) is 17.6 Å². The fourth-order valence-corrected chi connectivity index (χ4v) is 3.81. The highest BCUT2D eigenvalue weighted by Crippen LogP contribution is 2.23. The Morgan fingerprint density at radius 3 is 2.78 bits per heavy atom. The Bertz CT molecular complexity index is 1290. The van der Waals surface area contributed by atoms with Gasteiger partial charge in [0.2, 0.25) is 0 Å². The molecule has 0 aliphatic carbocycles. The Morgan fingerprint density at radius 1 is 1.24 bits per heavy atom. The van der Waals surface area contributed by atoms with E-state index in [0.29, 0.717) is 48.3 Å². The number of rotatable bonds is 10. The average molecular weight is 509 g/mol. The molecule has 1 atom stereocenters. The lowest BCUT2D eigenvalue weighted by Gasteiger charge is -2.18. The highest BCUT2D eigenvalue weighted by atomic mass is 19.1. The average Bonchev–Trinajstić information content (AvgIpc) is 3.30. The number of carbonyl (C=O) groups excluding carboxylic acids is 2. The maximum atomic E-state index is 13.8. The van der Waals surface area contributed by atoms with Crippen molar-refractivity contribution in [2.45, 2.75) is 32.2 Å². The zero-order valence-electron chi connectivity index (χ0n) is 21.4. The van der Waals surface area contributed by atoms with E-state index >= 15 is 0 Å². The van der Waals surface area contributed by atoms with Crippen LogP contribution >= 0.6 is 0 Å². The van der Waals surface area contributed by atoms with Crippen LogP contribution in [0.15, 0.2) is 42.6 Å². The first kappa shape index (κ1) is 27.6. The minimum absolute atomic E-state index is 0.186. The van der Waals surface area contributed by atoms with E-state index in [1.165, 1.54) is 17.0 Å². The van der Waals surface area contributed by atoms with Gasteiger partial charge in [0.15, 0.2) is 0 Å². The molecule has 2 aromatic carbocycles. The van der Waals surface area contributed by atoms with Crippen LogP contribution in [0.4, 0.5) is 9.18 Å². The van der Waals surface area contributed by atoms with Crippen molar-refractivity contribution in [2.75, 3.05) is 33.9 Å². The number of aliphatic hydroxyl groups is 1. The van der Waals surface area contributed by atoms with Gasteiger partial charge in [-0.3, -0.25) is 4.79 Å². The first-order valence-electron chi connectivity index (χ1n) is 12.2. The zero-order chi connectivity index (χ0) is 26.8. The number of amides is 3. The largest absolute Gasteiger partial charge is 0.493 e. The van der Waals surface area contributed by atoms with Crippen LogP contribution in [-0.4, -0.2) is 66.8 Å². The van der Waals surface area contributed by atoms with Gasteiger partial charge in [-0.25, -0.2) is 9.18 Å². The molecular formula is C28H33FN4O4. The molecule has 0 saturated carbocycles. The summed E-state index contributed by atoms with van der Waals surface area (Å²) in [4.78, 5) is 29.5. The van der Waals surface area contributed by atoms with E-state index in [-0.39, 0.29) is 18.5 Å². The highest BCUT2D eigenvalue weighted by Gasteiger charge is 2.19. The van der Waals surface area contributed by atoms with Crippen molar-refractivity contribution in [3.05, 3.63) is 65.1 Å². The van der Waals surface area contributed by atoms with Crippen LogP contribution in [0.2, 0.25) is 0 Å². The molecule has 3 amide bonds. The van der Waals surface area contributed by atoms with Crippen LogP contribution in [0.5, 0.6) is 5.75 Å². The standard InChI is InChI=1S/C28H33FN4O4/c1-4-13-37-26-11-8-19(7-5-6-12-33(3)28(36)30-2)14-24(26)27(35)32-22(18-34)15-20-17-31-25-10-9-21(29)16-23(20)25/h8-11,14,16-17,22,31,34H,4,6,12-13,15,18H2,1-3H3,(H,30,36)(H,32,35). The van der Waals surface area contributed by atoms with Crippen molar-refractivity contribution >= 4 is 22.8 Å². The van der Waals surface area contributed by atoms with Gasteiger partial charge in [0.05, 0.1) is 24.8 Å². The molecule has 1 heterocycles. The van der Waals surface area contributed by atoms with Crippen LogP contribution in [0, 0.1) is 17.7 Å². The van der Waals surface area contributed by atoms with Crippen LogP contribution in [0.25, 0.3) is 10.9 Å². The molecule has 0 saturated heterocycles. The van der Waals surface area contributed by atoms with E-state index < -0.39 is 11.9 Å². The first-order valence-corrected chi connectivity index (χ1v) is 12.2. The summed E-state index contributed by atoms with van der Waals surface area (Å²) in [6.45, 7) is 2.59. The summed E-state index contributed by atoms with van der Waals surface area (Å²) >= 11 is 0. The Balaban J connectivity index is 1.76. The molecule has 3 rings (SSSR count). The fraction of sp³-hybridized carbons (Fsp3) is 0.357. The molecule has 8 nitrogen and oxygen atoms in total. The van der Waals surface area contributed by atoms with Crippen molar-refractivity contribution in [1.82, 2.24) is 20.5 Å². The van der Waals surface area contributed by atoms with Gasteiger partial charge in [0.25, 0.3) is 5.91 Å². The van der Waals surface area contributed by atoms with E-state index in [0.717, 1.165) is 17.5 Å². The number of benzene rings is 2. The van der Waals surface area contributed by atoms with Gasteiger partial charge in [-0.1, -0.05) is 18.8 Å². The van der Waals surface area contributed by atoms with Gasteiger partial charge >= 0.3 is 6.03 Å². The van der Waals surface area contributed by atoms with Gasteiger partial charge < -0.3 is 30.4 Å². The fourth-order valence-electron chi connectivity index (χ4n) is 3.81. The Kier molecular flexibility index (Phi) is 9.92. The van der Waals surface area contributed by atoms with Crippen molar-refractivity contribution in [1.29, 1.82) is 0 Å². The SMILES string of the molecule is CCCOc1ccc(C#CCCN(C)C(=O)NC)cc1C(=O)NC(CO)Cc1c[nH]c2ccc(F)cc12. The van der Waals surface area contributed by atoms with Gasteiger partial charge in [0.1, 0.15) is 11.6 Å². The minimum Gasteiger partial charge on any atom is -0.493 e. The van der Waals surface area contributed by atoms with E-state index in [9.17, 15) is 19.1 Å². The van der Waals surface area contributed by atoms with Crippen molar-refractivity contribution in [2.24, 2.45) is 0 Å². The topological polar surface area (TPSA) is 107 Å². The number of halogens is 1. The van der Waals surface area contributed by atoms with E-state index in [1.54, 1.807) is 44.6 Å². The first-order chi connectivity index (χ1) is 17.9. The summed E-state index contributed by atoms with van der Waals surface area (Å²) < 4.78 is 19.5. The van der Waals surface area contributed by atoms with Crippen LogP contribution in [-0.2, 0) is 6.42 Å². The Hall–Kier alpha value is -4.03. The third-order valence-corrected chi connectivity index (χ3v) is 5.80. The van der Waals surface area contributed by atoms with E-state index in [1.807, 2.05) is 6.92 Å². The minimum atomic E-state index is -0.594. The quantitative estimate of drug-likeness (QED) is 0.315. The van der Waals surface area contributed by atoms with Crippen molar-refractivity contribution in [3.63, 3.8) is 0 Å². The second-order valence-corrected chi connectivity index (χ2v) is 8.65. The molecule has 0 aliphatic rings. The van der Waals surface area contributed by atoms with Gasteiger partial charge in [-0.05, 0) is 54.8 Å². The number of fused-ring (bicyclic) bond motifs is 1. The molecule has 0 radical (unpaired) electrons. The second-order valence-electron chi connectivity index (χ2n) is 8.65. The normalized spacial score (nSPS) is 11.4. The predicted molar refractivity (Wildman–Crippen MR) is 141 cm³/mol. The molecule has 0 aliphatic heterocycles. The molecule has 1 aromatic heterocycles. The number of ether oxygens (including phenoxy) is 1. The van der Waals surface area contributed by atoms with Gasteiger partial charge in [0, 0.05) is 49.7 Å². The van der Waals surface area contributed by atoms with E-state index in [2.05, 4.69) is 27.5 Å². The highest BCUT2D eigenvalue weighted by molar-refractivity contribution is 5.97. The third kappa shape index (κ3) is 7.48. The lowest BCUT2D eigenvalue weighted by molar-refractivity contribution is 0.0912. The van der Waals surface area contributed by atoms with E-state index in [4.69, 9.17) is 4.74 Å². The summed E-state index contributed by atoms with van der Waals surface area (Å²) in [6, 6.07) is 8.83. The molecule has 37 heavy (non-hydrogen) atoms. The van der Waals surface area contributed by atoms with Crippen LogP contribution in [0.3, 0.4) is 0 Å². The molecule has 0 fully saturated rings. The number of carbonyl (C=O) groups is 2. The molecule has 0 spiro atoms. The van der Waals surface area contributed by atoms with Crippen LogP contribution in [0.1, 0.15) is 41.3 Å². The molecule has 3 aromatic rings.